The van der Waals surface area contributed by atoms with E-state index in [1.54, 1.807) is 60.6 Å². The number of amides is 11. The molecule has 508 valence electrons. The molecule has 0 bridgehead atoms. The lowest BCUT2D eigenvalue weighted by Gasteiger charge is -2.47. The van der Waals surface area contributed by atoms with E-state index in [1.165, 1.54) is 79.8 Å². The number of aliphatic hydroxyl groups is 1. The molecule has 26 heteroatoms. The van der Waals surface area contributed by atoms with Crippen LogP contribution in [0, 0.1) is 41.4 Å². The molecule has 0 unspecified atom stereocenters. The number of hydrogen-bond acceptors (Lipinski definition) is 14. The number of carbonyl (C=O) groups is 12. The molecule has 89 heavy (non-hydrogen) atoms. The van der Waals surface area contributed by atoms with Crippen LogP contribution in [0.15, 0.2) is 12.2 Å². The number of allylic oxidation sites excluding steroid dienone is 2. The number of ether oxygens (including phenoxy) is 1. The molecule has 0 aromatic carbocycles. The predicted molar refractivity (Wildman–Crippen MR) is 340 cm³/mol. The Kier molecular flexibility index (Phi) is 32.5. The van der Waals surface area contributed by atoms with Crippen molar-refractivity contribution in [2.75, 3.05) is 55.9 Å². The molecule has 1 fully saturated rings. The molecule has 25 nitrogen and oxygen atoms in total. The van der Waals surface area contributed by atoms with Gasteiger partial charge < -0.3 is 60.5 Å². The minimum Gasteiger partial charge on any atom is -0.417 e. The van der Waals surface area contributed by atoms with Crippen molar-refractivity contribution < 1.29 is 67.4 Å². The molecule has 1 aliphatic rings. The minimum atomic E-state index is -2.70. The highest BCUT2D eigenvalue weighted by Gasteiger charge is 2.57. The molecule has 0 saturated carbocycles. The highest BCUT2D eigenvalue weighted by Crippen LogP contribution is 2.34. The molecule has 1 saturated heterocycles. The van der Waals surface area contributed by atoms with Crippen LogP contribution in [0.3, 0.4) is 0 Å². The molecule has 11 amide bonds. The third-order valence-corrected chi connectivity index (χ3v) is 16.6. The van der Waals surface area contributed by atoms with Crippen LogP contribution in [0.2, 0.25) is 0 Å². The quantitative estimate of drug-likeness (QED) is 0.108. The summed E-state index contributed by atoms with van der Waals surface area (Å²) in [5.74, 6) is -12.2. The van der Waals surface area contributed by atoms with Gasteiger partial charge in [0.2, 0.25) is 59.1 Å². The zero-order valence-corrected chi connectivity index (χ0v) is 58.4. The second-order valence-electron chi connectivity index (χ2n) is 26.5. The summed E-state index contributed by atoms with van der Waals surface area (Å²) in [5.41, 5.74) is -4.23. The number of carbonyl (C=O) groups excluding carboxylic acids is 12. The van der Waals surface area contributed by atoms with E-state index >= 15 is 14.4 Å². The number of halogens is 1. The van der Waals surface area contributed by atoms with Crippen molar-refractivity contribution in [2.45, 2.75) is 222 Å². The van der Waals surface area contributed by atoms with Gasteiger partial charge in [-0.05, 0) is 94.8 Å². The van der Waals surface area contributed by atoms with Gasteiger partial charge in [0.1, 0.15) is 54.4 Å². The summed E-state index contributed by atoms with van der Waals surface area (Å²) in [4.78, 5) is 182. The summed E-state index contributed by atoms with van der Waals surface area (Å²) in [6.45, 7) is 28.1. The Morgan fingerprint density at radius 1 is 0.573 bits per heavy atom. The van der Waals surface area contributed by atoms with E-state index in [1.807, 2.05) is 41.5 Å². The Morgan fingerprint density at radius 2 is 1.01 bits per heavy atom. The highest BCUT2D eigenvalue weighted by molar-refractivity contribution is 6.61. The molecule has 0 spiro atoms. The first-order valence-electron chi connectivity index (χ1n) is 31.2. The van der Waals surface area contributed by atoms with E-state index in [4.69, 9.17) is 16.3 Å². The van der Waals surface area contributed by atoms with Gasteiger partial charge in [-0.3, -0.25) is 57.6 Å². The molecule has 1 rings (SSSR count). The maximum Gasteiger partial charge on any atom is 0.406 e. The average molecular weight is 1280 g/mol. The van der Waals surface area contributed by atoms with Gasteiger partial charge in [-0.15, -0.1) is 0 Å². The number of likely N-dealkylation sites (N-methyl/N-ethyl adjacent to an activating group) is 7. The van der Waals surface area contributed by atoms with Crippen molar-refractivity contribution in [3.05, 3.63) is 12.2 Å². The van der Waals surface area contributed by atoms with Crippen LogP contribution in [-0.4, -0.2) is 232 Å². The maximum atomic E-state index is 15.7. The summed E-state index contributed by atoms with van der Waals surface area (Å²) in [5, 5.41) is 23.0. The molecular weight excluding hydrogens is 1170 g/mol. The first-order chi connectivity index (χ1) is 41.0. The largest absolute Gasteiger partial charge is 0.417 e. The molecule has 1 aliphatic heterocycles. The first kappa shape index (κ1) is 80.6. The Labute approximate surface area is 534 Å². The van der Waals surface area contributed by atoms with Gasteiger partial charge in [-0.2, -0.15) is 0 Å². The molecule has 1 heterocycles. The lowest BCUT2D eigenvalue weighted by molar-refractivity contribution is -0.192. The van der Waals surface area contributed by atoms with Crippen LogP contribution in [0.1, 0.15) is 156 Å². The third kappa shape index (κ3) is 21.6. The van der Waals surface area contributed by atoms with E-state index in [2.05, 4.69) is 21.3 Å². The zero-order chi connectivity index (χ0) is 69.2. The molecule has 0 radical (unpaired) electrons. The lowest BCUT2D eigenvalue weighted by Crippen LogP contribution is -2.70. The topological polar surface area (TPSA) is 305 Å². The molecule has 0 aromatic rings. The van der Waals surface area contributed by atoms with Gasteiger partial charge in [-0.25, -0.2) is 4.79 Å². The highest BCUT2D eigenvalue weighted by atomic mass is 35.5. The van der Waals surface area contributed by atoms with Gasteiger partial charge in [0, 0.05) is 66.9 Å². The van der Waals surface area contributed by atoms with Crippen LogP contribution in [0.4, 0.5) is 4.79 Å². The average Bonchev–Trinajstić information content (AvgIpc) is 0.776. The van der Waals surface area contributed by atoms with E-state index in [0.29, 0.717) is 0 Å². The summed E-state index contributed by atoms with van der Waals surface area (Å²) < 4.78 is 5.77. The van der Waals surface area contributed by atoms with Crippen molar-refractivity contribution in [1.82, 2.24) is 55.6 Å². The smallest absolute Gasteiger partial charge is 0.406 e. The van der Waals surface area contributed by atoms with Gasteiger partial charge in [0.15, 0.2) is 0 Å². The fourth-order valence-corrected chi connectivity index (χ4v) is 11.1. The van der Waals surface area contributed by atoms with E-state index < -0.39 is 161 Å². The lowest BCUT2D eigenvalue weighted by atomic mass is 9.89. The van der Waals surface area contributed by atoms with Crippen LogP contribution in [0.25, 0.3) is 0 Å². The summed E-state index contributed by atoms with van der Waals surface area (Å²) in [6, 6.07) is -12.1. The monoisotopic (exact) mass is 1280 g/mol. The maximum absolute atomic E-state index is 15.7. The second-order valence-corrected chi connectivity index (χ2v) is 26.8. The normalized spacial score (nSPS) is 27.0. The van der Waals surface area contributed by atoms with Crippen molar-refractivity contribution in [1.29, 1.82) is 0 Å². The van der Waals surface area contributed by atoms with Gasteiger partial charge >= 0.3 is 5.43 Å². The van der Waals surface area contributed by atoms with Crippen molar-refractivity contribution in [3.63, 3.8) is 0 Å². The molecule has 12 atom stereocenters. The molecular formula is C63H110ClN11O14. The Morgan fingerprint density at radius 3 is 1.46 bits per heavy atom. The van der Waals surface area contributed by atoms with Gasteiger partial charge in [0.05, 0.1) is 12.6 Å². The number of rotatable bonds is 16. The summed E-state index contributed by atoms with van der Waals surface area (Å²) in [7, 11) is 9.18. The Bertz CT molecular complexity index is 2510. The summed E-state index contributed by atoms with van der Waals surface area (Å²) >= 11 is 6.02. The first-order valence-corrected chi connectivity index (χ1v) is 31.6. The van der Waals surface area contributed by atoms with Crippen LogP contribution >= 0.6 is 11.6 Å². The SMILES string of the molecule is C/C=C/C[C@@H](C)[C@@H](O)[C@H]1C(=O)N[C@@H](CC)C(=O)N(C)CC(=O)N(C)[C@@H](CC(C)C)C(=O)N[C@@H](C(C)C)C(=O)N(C)[C@@H](CC(C)C)C(=O)N[C@@H](C)C(=O)N[C@H](C)C(=O)N(C)[C@@H](CC(C)C)C(=O)N(C)[C@@H](CC(C)C)C(=O)N(C)[C@](OC(=O)Cl)(C(C)C)C(=O)N1C. The van der Waals surface area contributed by atoms with Gasteiger partial charge in [-0.1, -0.05) is 109 Å². The van der Waals surface area contributed by atoms with Gasteiger partial charge in [0.25, 0.3) is 11.6 Å². The standard InChI is InChI=1S/C63H110ClN11O14/c1-25-27-28-40(15)51(77)50-55(81)67-43(26-2)57(83)69(18)33-48(76)70(19)44(29-34(3)4)54(80)68-49(38(11)12)60(86)71(20)45(30-35(5)6)53(79)65-41(16)52(78)66-42(17)56(82)72(21)46(31-36(7)8)58(84)73(22)47(32-37(9)10)59(85)75(24)63(39(13)14,89-62(64)88)61(87)74(50)23/h25,27,34-47,49-51,77H,26,28-33H2,1-24H3,(H,65,79)(H,66,78)(H,67,81)(H,68,80)/b27-25+/t40-,41+,42-,43+,44+,45+,46+,47+,49+,50+,51-,63+/m1/s1. The van der Waals surface area contributed by atoms with Crippen LogP contribution in [0.5, 0.6) is 0 Å². The van der Waals surface area contributed by atoms with E-state index in [-0.39, 0.29) is 62.2 Å². The number of nitrogens with zero attached hydrogens (tertiary/aromatic N) is 7. The number of hydrogen-bond donors (Lipinski definition) is 5. The number of aliphatic hydroxyl groups excluding tert-OH is 1. The van der Waals surface area contributed by atoms with Crippen LogP contribution < -0.4 is 21.3 Å². The van der Waals surface area contributed by atoms with Crippen molar-refractivity contribution in [3.8, 4) is 0 Å². The fourth-order valence-electron chi connectivity index (χ4n) is 11.0. The van der Waals surface area contributed by atoms with Crippen molar-refractivity contribution >= 4 is 82.0 Å². The molecule has 0 aromatic heterocycles. The molecule has 0 aliphatic carbocycles. The Balaban J connectivity index is 4.51. The fraction of sp³-hybridized carbons (Fsp3) is 0.778. The minimum absolute atomic E-state index is 0.0383. The molecule has 5 N–H and O–H groups in total. The Hall–Kier alpha value is -6.37. The van der Waals surface area contributed by atoms with Crippen LogP contribution in [-0.2, 0) is 57.5 Å². The zero-order valence-electron chi connectivity index (χ0n) is 57.7. The number of nitrogens with one attached hydrogen (secondary N) is 4. The van der Waals surface area contributed by atoms with E-state index in [0.717, 1.165) is 31.5 Å². The predicted octanol–water partition coefficient (Wildman–Crippen LogP) is 3.97. The third-order valence-electron chi connectivity index (χ3n) is 16.6. The van der Waals surface area contributed by atoms with Crippen molar-refractivity contribution in [2.24, 2.45) is 41.4 Å². The summed E-state index contributed by atoms with van der Waals surface area (Å²) in [6.07, 6.45) is 2.17. The second kappa shape index (κ2) is 35.9. The van der Waals surface area contributed by atoms with E-state index in [9.17, 15) is 48.3 Å².